The summed E-state index contributed by atoms with van der Waals surface area (Å²) in [6, 6.07) is 7.52. The molecule has 2 aromatic rings. The summed E-state index contributed by atoms with van der Waals surface area (Å²) >= 11 is 4.77. The second-order valence-corrected chi connectivity index (χ2v) is 6.39. The minimum Gasteiger partial charge on any atom is -0.435 e. The monoisotopic (exact) mass is 346 g/mol. The number of ketones is 1. The van der Waals surface area contributed by atoms with Crippen molar-refractivity contribution in [1.29, 1.82) is 0 Å². The zero-order valence-electron chi connectivity index (χ0n) is 9.82. The first-order valence-electron chi connectivity index (χ1n) is 5.33. The second kappa shape index (κ2) is 5.79. The Balaban J connectivity index is 2.31. The SMILES string of the molecule is Cc1sc(Br)cc1C(=O)c1cccc(OC(F)F)c1. The van der Waals surface area contributed by atoms with E-state index in [9.17, 15) is 13.6 Å². The highest BCUT2D eigenvalue weighted by Gasteiger charge is 2.15. The molecule has 1 heterocycles. The summed E-state index contributed by atoms with van der Waals surface area (Å²) in [6.07, 6.45) is 0. The molecule has 2 nitrogen and oxygen atoms in total. The van der Waals surface area contributed by atoms with Gasteiger partial charge in [0, 0.05) is 16.0 Å². The fraction of sp³-hybridized carbons (Fsp3) is 0.154. The largest absolute Gasteiger partial charge is 0.435 e. The van der Waals surface area contributed by atoms with Crippen molar-refractivity contribution >= 4 is 33.0 Å². The highest BCUT2D eigenvalue weighted by molar-refractivity contribution is 9.11. The Kier molecular flexibility index (Phi) is 4.31. The molecule has 0 radical (unpaired) electrons. The van der Waals surface area contributed by atoms with E-state index >= 15 is 0 Å². The minimum atomic E-state index is -2.90. The van der Waals surface area contributed by atoms with Gasteiger partial charge in [0.15, 0.2) is 5.78 Å². The molecule has 100 valence electrons. The van der Waals surface area contributed by atoms with Crippen LogP contribution in [0.3, 0.4) is 0 Å². The molecule has 2 rings (SSSR count). The van der Waals surface area contributed by atoms with Crippen LogP contribution in [0.1, 0.15) is 20.8 Å². The minimum absolute atomic E-state index is 0.0206. The summed E-state index contributed by atoms with van der Waals surface area (Å²) in [6.45, 7) is -1.07. The highest BCUT2D eigenvalue weighted by atomic mass is 79.9. The van der Waals surface area contributed by atoms with E-state index in [1.165, 1.54) is 29.5 Å². The van der Waals surface area contributed by atoms with Gasteiger partial charge in [-0.3, -0.25) is 4.79 Å². The maximum absolute atomic E-state index is 12.3. The average molecular weight is 347 g/mol. The first-order chi connectivity index (χ1) is 8.97. The number of aryl methyl sites for hydroxylation is 1. The molecule has 0 aliphatic heterocycles. The number of thiophene rings is 1. The Labute approximate surface area is 121 Å². The number of hydrogen-bond donors (Lipinski definition) is 0. The van der Waals surface area contributed by atoms with Gasteiger partial charge in [0.05, 0.1) is 3.79 Å². The molecule has 6 heteroatoms. The molecule has 1 aromatic carbocycles. The van der Waals surface area contributed by atoms with Gasteiger partial charge in [-0.25, -0.2) is 0 Å². The van der Waals surface area contributed by atoms with Crippen LogP contribution in [0.4, 0.5) is 8.78 Å². The zero-order valence-corrected chi connectivity index (χ0v) is 12.2. The van der Waals surface area contributed by atoms with Crippen molar-refractivity contribution in [3.05, 3.63) is 50.1 Å². The average Bonchev–Trinajstić information content (AvgIpc) is 2.67. The van der Waals surface area contributed by atoms with Gasteiger partial charge < -0.3 is 4.74 Å². The number of rotatable bonds is 4. The Hall–Kier alpha value is -1.27. The molecular formula is C13H9BrF2O2S. The molecule has 0 amide bonds. The van der Waals surface area contributed by atoms with E-state index in [0.29, 0.717) is 11.1 Å². The van der Waals surface area contributed by atoms with Crippen molar-refractivity contribution in [2.45, 2.75) is 13.5 Å². The molecule has 0 spiro atoms. The predicted octanol–water partition coefficient (Wildman–Crippen LogP) is 4.65. The smallest absolute Gasteiger partial charge is 0.387 e. The van der Waals surface area contributed by atoms with Crippen LogP contribution in [0, 0.1) is 6.92 Å². The third kappa shape index (κ3) is 3.39. The summed E-state index contributed by atoms with van der Waals surface area (Å²) in [7, 11) is 0. The number of hydrogen-bond acceptors (Lipinski definition) is 3. The summed E-state index contributed by atoms with van der Waals surface area (Å²) in [5, 5.41) is 0. The van der Waals surface area contributed by atoms with E-state index < -0.39 is 6.61 Å². The molecular weight excluding hydrogens is 338 g/mol. The fourth-order valence-corrected chi connectivity index (χ4v) is 3.33. The van der Waals surface area contributed by atoms with Gasteiger partial charge in [0.2, 0.25) is 0 Å². The van der Waals surface area contributed by atoms with Crippen LogP contribution in [-0.4, -0.2) is 12.4 Å². The molecule has 0 aliphatic carbocycles. The number of carbonyl (C=O) groups excluding carboxylic acids is 1. The first kappa shape index (κ1) is 14.1. The summed E-state index contributed by atoms with van der Waals surface area (Å²) in [5.41, 5.74) is 0.887. The molecule has 0 aliphatic rings. The van der Waals surface area contributed by atoms with Crippen LogP contribution in [0.5, 0.6) is 5.75 Å². The van der Waals surface area contributed by atoms with E-state index in [1.807, 2.05) is 6.92 Å². The fourth-order valence-electron chi connectivity index (χ4n) is 1.64. The number of carbonyl (C=O) groups is 1. The zero-order chi connectivity index (χ0) is 14.0. The van der Waals surface area contributed by atoms with Crippen molar-refractivity contribution in [3.63, 3.8) is 0 Å². The first-order valence-corrected chi connectivity index (χ1v) is 6.94. The van der Waals surface area contributed by atoms with Gasteiger partial charge in [0.25, 0.3) is 0 Å². The van der Waals surface area contributed by atoms with E-state index in [0.717, 1.165) is 8.66 Å². The molecule has 0 bridgehead atoms. The van der Waals surface area contributed by atoms with Crippen LogP contribution >= 0.6 is 27.3 Å². The topological polar surface area (TPSA) is 26.3 Å². The maximum atomic E-state index is 12.3. The normalized spacial score (nSPS) is 10.8. The lowest BCUT2D eigenvalue weighted by Gasteiger charge is -2.06. The molecule has 0 saturated heterocycles. The van der Waals surface area contributed by atoms with Gasteiger partial charge >= 0.3 is 6.61 Å². The van der Waals surface area contributed by atoms with Gasteiger partial charge in [-0.15, -0.1) is 11.3 Å². The van der Waals surface area contributed by atoms with Gasteiger partial charge in [-0.2, -0.15) is 8.78 Å². The molecule has 0 atom stereocenters. The van der Waals surface area contributed by atoms with Crippen LogP contribution in [0.25, 0.3) is 0 Å². The van der Waals surface area contributed by atoms with Gasteiger partial charge in [0.1, 0.15) is 5.75 Å². The van der Waals surface area contributed by atoms with Crippen molar-refractivity contribution in [2.75, 3.05) is 0 Å². The standard InChI is InChI=1S/C13H9BrF2O2S/c1-7-10(6-11(14)19-7)12(17)8-3-2-4-9(5-8)18-13(15)16/h2-6,13H,1H3. The van der Waals surface area contributed by atoms with Crippen molar-refractivity contribution in [1.82, 2.24) is 0 Å². The predicted molar refractivity (Wildman–Crippen MR) is 73.3 cm³/mol. The second-order valence-electron chi connectivity index (χ2n) is 3.76. The molecule has 0 fully saturated rings. The Morgan fingerprint density at radius 2 is 2.11 bits per heavy atom. The van der Waals surface area contributed by atoms with E-state index in [-0.39, 0.29) is 11.5 Å². The van der Waals surface area contributed by atoms with E-state index in [4.69, 9.17) is 0 Å². The lowest BCUT2D eigenvalue weighted by molar-refractivity contribution is -0.0498. The summed E-state index contributed by atoms with van der Waals surface area (Å²) < 4.78 is 29.4. The summed E-state index contributed by atoms with van der Waals surface area (Å²) in [5.74, 6) is -0.230. The van der Waals surface area contributed by atoms with Crippen LogP contribution in [0.15, 0.2) is 34.1 Å². The van der Waals surface area contributed by atoms with Crippen LogP contribution in [-0.2, 0) is 0 Å². The van der Waals surface area contributed by atoms with Gasteiger partial charge in [-0.05, 0) is 41.1 Å². The van der Waals surface area contributed by atoms with Crippen LogP contribution < -0.4 is 4.74 Å². The Morgan fingerprint density at radius 1 is 1.37 bits per heavy atom. The van der Waals surface area contributed by atoms with Crippen molar-refractivity contribution in [3.8, 4) is 5.75 Å². The molecule has 0 saturated carbocycles. The van der Waals surface area contributed by atoms with Crippen LogP contribution in [0.2, 0.25) is 0 Å². The molecule has 19 heavy (non-hydrogen) atoms. The molecule has 0 N–H and O–H groups in total. The number of alkyl halides is 2. The Morgan fingerprint density at radius 3 is 2.68 bits per heavy atom. The van der Waals surface area contributed by atoms with Crippen molar-refractivity contribution in [2.24, 2.45) is 0 Å². The maximum Gasteiger partial charge on any atom is 0.387 e. The third-order valence-corrected chi connectivity index (χ3v) is 4.01. The molecule has 1 aromatic heterocycles. The van der Waals surface area contributed by atoms with E-state index in [2.05, 4.69) is 20.7 Å². The number of benzene rings is 1. The highest BCUT2D eigenvalue weighted by Crippen LogP contribution is 2.28. The molecule has 0 unspecified atom stereocenters. The number of ether oxygens (including phenoxy) is 1. The quantitative estimate of drug-likeness (QED) is 0.753. The number of halogens is 3. The lowest BCUT2D eigenvalue weighted by atomic mass is 10.0. The third-order valence-electron chi connectivity index (χ3n) is 2.45. The van der Waals surface area contributed by atoms with E-state index in [1.54, 1.807) is 12.1 Å². The summed E-state index contributed by atoms with van der Waals surface area (Å²) in [4.78, 5) is 13.1. The van der Waals surface area contributed by atoms with Crippen molar-refractivity contribution < 1.29 is 18.3 Å². The Bertz CT molecular complexity index is 610. The van der Waals surface area contributed by atoms with Gasteiger partial charge in [-0.1, -0.05) is 12.1 Å². The lowest BCUT2D eigenvalue weighted by Crippen LogP contribution is -2.05.